The van der Waals surface area contributed by atoms with Gasteiger partial charge in [-0.05, 0) is 49.2 Å². The van der Waals surface area contributed by atoms with Crippen LogP contribution in [0.2, 0.25) is 0 Å². The molecule has 0 saturated carbocycles. The van der Waals surface area contributed by atoms with Crippen molar-refractivity contribution in [3.8, 4) is 0 Å². The minimum atomic E-state index is 0. The van der Waals surface area contributed by atoms with E-state index in [1.54, 1.807) is 11.3 Å². The number of likely N-dealkylation sites (N-methyl/N-ethyl adjacent to an activating group) is 1. The summed E-state index contributed by atoms with van der Waals surface area (Å²) in [5.41, 5.74) is 1.40. The molecule has 2 atom stereocenters. The lowest BCUT2D eigenvalue weighted by molar-refractivity contribution is 0.122. The first-order chi connectivity index (χ1) is 11.6. The first-order valence-corrected chi connectivity index (χ1v) is 10.0. The molecule has 2 rings (SSSR count). The second-order valence-electron chi connectivity index (χ2n) is 6.75. The maximum atomic E-state index is 4.80. The van der Waals surface area contributed by atoms with E-state index in [9.17, 15) is 0 Å². The standard InChI is InChI=1S/C18H33N5S.HI/c1-5-19-18(20-12-15(2)17-6-11-24-14-17)21-13-16(3)23-9-7-22(4)8-10-23;/h6,11,14-16H,5,7-10,12-13H2,1-4H3,(H2,19,20,21);1H. The highest BCUT2D eigenvalue weighted by molar-refractivity contribution is 14.0. The third kappa shape index (κ3) is 7.80. The highest BCUT2D eigenvalue weighted by Crippen LogP contribution is 2.17. The molecule has 0 spiro atoms. The van der Waals surface area contributed by atoms with Crippen LogP contribution in [-0.2, 0) is 0 Å². The summed E-state index contributed by atoms with van der Waals surface area (Å²) in [4.78, 5) is 9.74. The molecular weight excluding hydrogens is 445 g/mol. The van der Waals surface area contributed by atoms with Crippen molar-refractivity contribution in [2.75, 3.05) is 52.9 Å². The van der Waals surface area contributed by atoms with Crippen molar-refractivity contribution in [1.29, 1.82) is 0 Å². The van der Waals surface area contributed by atoms with E-state index < -0.39 is 0 Å². The van der Waals surface area contributed by atoms with Crippen molar-refractivity contribution < 1.29 is 0 Å². The zero-order valence-electron chi connectivity index (χ0n) is 16.0. The van der Waals surface area contributed by atoms with E-state index in [2.05, 4.69) is 65.1 Å². The fraction of sp³-hybridized carbons (Fsp3) is 0.722. The molecule has 5 nitrogen and oxygen atoms in total. The molecule has 2 unspecified atom stereocenters. The Morgan fingerprint density at radius 2 is 1.96 bits per heavy atom. The van der Waals surface area contributed by atoms with Crippen molar-refractivity contribution >= 4 is 41.3 Å². The average Bonchev–Trinajstić information content (AvgIpc) is 3.12. The second kappa shape index (κ2) is 12.1. The molecule has 1 aliphatic rings. The first kappa shape index (κ1) is 22.7. The predicted octanol–water partition coefficient (Wildman–Crippen LogP) is 2.66. The van der Waals surface area contributed by atoms with Crippen LogP contribution < -0.4 is 10.6 Å². The van der Waals surface area contributed by atoms with Crippen LogP contribution >= 0.6 is 35.3 Å². The van der Waals surface area contributed by atoms with Gasteiger partial charge in [0, 0.05) is 45.3 Å². The minimum Gasteiger partial charge on any atom is -0.357 e. The second-order valence-corrected chi connectivity index (χ2v) is 7.53. The number of nitrogens with one attached hydrogen (secondary N) is 2. The molecule has 2 N–H and O–H groups in total. The number of nitrogens with zero attached hydrogens (tertiary/aromatic N) is 3. The Labute approximate surface area is 174 Å². The van der Waals surface area contributed by atoms with Crippen LogP contribution in [0, 0.1) is 0 Å². The summed E-state index contributed by atoms with van der Waals surface area (Å²) < 4.78 is 0. The normalized spacial score (nSPS) is 19.1. The van der Waals surface area contributed by atoms with Crippen LogP contribution in [0.1, 0.15) is 32.3 Å². The Kier molecular flexibility index (Phi) is 11.0. The molecule has 1 aromatic heterocycles. The van der Waals surface area contributed by atoms with Gasteiger partial charge in [0.05, 0.1) is 6.54 Å². The number of piperazine rings is 1. The van der Waals surface area contributed by atoms with Gasteiger partial charge < -0.3 is 15.5 Å². The number of hydrogen-bond acceptors (Lipinski definition) is 4. The lowest BCUT2D eigenvalue weighted by atomic mass is 10.1. The van der Waals surface area contributed by atoms with Gasteiger partial charge in [0.15, 0.2) is 5.96 Å². The van der Waals surface area contributed by atoms with E-state index in [0.29, 0.717) is 12.0 Å². The van der Waals surface area contributed by atoms with E-state index in [0.717, 1.165) is 51.8 Å². The van der Waals surface area contributed by atoms with E-state index in [1.807, 2.05) is 0 Å². The SMILES string of the molecule is CCNC(=NCC(C)N1CCN(C)CC1)NCC(C)c1ccsc1.I. The fourth-order valence-corrected chi connectivity index (χ4v) is 3.65. The quantitative estimate of drug-likeness (QED) is 0.359. The number of halogens is 1. The van der Waals surface area contributed by atoms with Crippen molar-refractivity contribution in [2.24, 2.45) is 4.99 Å². The summed E-state index contributed by atoms with van der Waals surface area (Å²) in [7, 11) is 2.20. The number of rotatable bonds is 7. The van der Waals surface area contributed by atoms with Crippen LogP contribution in [0.15, 0.2) is 21.8 Å². The molecule has 1 saturated heterocycles. The summed E-state index contributed by atoms with van der Waals surface area (Å²) in [6.07, 6.45) is 0. The molecule has 1 aromatic rings. The molecule has 0 aliphatic carbocycles. The van der Waals surface area contributed by atoms with Crippen LogP contribution in [-0.4, -0.2) is 74.7 Å². The van der Waals surface area contributed by atoms with Crippen molar-refractivity contribution in [2.45, 2.75) is 32.7 Å². The monoisotopic (exact) mass is 479 g/mol. The third-order valence-corrected chi connectivity index (χ3v) is 5.41. The Hall–Kier alpha value is -0.380. The Balaban J connectivity index is 0.00000312. The number of hydrogen-bond donors (Lipinski definition) is 2. The van der Waals surface area contributed by atoms with Crippen molar-refractivity contribution in [3.05, 3.63) is 22.4 Å². The fourth-order valence-electron chi connectivity index (χ4n) is 2.87. The molecule has 7 heteroatoms. The molecule has 0 bridgehead atoms. The summed E-state index contributed by atoms with van der Waals surface area (Å²) in [5.74, 6) is 1.43. The summed E-state index contributed by atoms with van der Waals surface area (Å²) in [5, 5.41) is 11.2. The van der Waals surface area contributed by atoms with E-state index in [1.165, 1.54) is 5.56 Å². The zero-order chi connectivity index (χ0) is 17.4. The lowest BCUT2D eigenvalue weighted by Crippen LogP contribution is -2.49. The zero-order valence-corrected chi connectivity index (χ0v) is 19.1. The highest BCUT2D eigenvalue weighted by Gasteiger charge is 2.18. The number of guanidine groups is 1. The van der Waals surface area contributed by atoms with Crippen LogP contribution in [0.5, 0.6) is 0 Å². The van der Waals surface area contributed by atoms with Gasteiger partial charge in [-0.2, -0.15) is 11.3 Å². The Morgan fingerprint density at radius 1 is 1.24 bits per heavy atom. The Bertz CT molecular complexity index is 486. The van der Waals surface area contributed by atoms with Gasteiger partial charge in [-0.15, -0.1) is 24.0 Å². The maximum absolute atomic E-state index is 4.80. The average molecular weight is 479 g/mol. The molecule has 1 fully saturated rings. The maximum Gasteiger partial charge on any atom is 0.191 e. The summed E-state index contributed by atoms with van der Waals surface area (Å²) in [6.45, 7) is 13.9. The highest BCUT2D eigenvalue weighted by atomic mass is 127. The minimum absolute atomic E-state index is 0. The van der Waals surface area contributed by atoms with E-state index in [4.69, 9.17) is 4.99 Å². The topological polar surface area (TPSA) is 42.9 Å². The Morgan fingerprint density at radius 3 is 2.56 bits per heavy atom. The van der Waals surface area contributed by atoms with Crippen LogP contribution in [0.25, 0.3) is 0 Å². The molecule has 2 heterocycles. The predicted molar refractivity (Wildman–Crippen MR) is 121 cm³/mol. The molecule has 0 aromatic carbocycles. The number of thiophene rings is 1. The van der Waals surface area contributed by atoms with Gasteiger partial charge in [0.25, 0.3) is 0 Å². The van der Waals surface area contributed by atoms with Crippen LogP contribution in [0.4, 0.5) is 0 Å². The molecular formula is C18H34IN5S. The van der Waals surface area contributed by atoms with Gasteiger partial charge >= 0.3 is 0 Å². The molecule has 25 heavy (non-hydrogen) atoms. The van der Waals surface area contributed by atoms with Crippen molar-refractivity contribution in [1.82, 2.24) is 20.4 Å². The smallest absolute Gasteiger partial charge is 0.191 e. The van der Waals surface area contributed by atoms with Gasteiger partial charge in [-0.1, -0.05) is 6.92 Å². The molecule has 1 aliphatic heterocycles. The van der Waals surface area contributed by atoms with Crippen molar-refractivity contribution in [3.63, 3.8) is 0 Å². The van der Waals surface area contributed by atoms with Gasteiger partial charge in [0.1, 0.15) is 0 Å². The third-order valence-electron chi connectivity index (χ3n) is 4.71. The molecule has 144 valence electrons. The number of aliphatic imine (C=N–C) groups is 1. The molecule has 0 amide bonds. The summed E-state index contributed by atoms with van der Waals surface area (Å²) in [6, 6.07) is 2.69. The van der Waals surface area contributed by atoms with E-state index >= 15 is 0 Å². The largest absolute Gasteiger partial charge is 0.357 e. The molecule has 0 radical (unpaired) electrons. The summed E-state index contributed by atoms with van der Waals surface area (Å²) >= 11 is 1.76. The first-order valence-electron chi connectivity index (χ1n) is 9.07. The van der Waals surface area contributed by atoms with Gasteiger partial charge in [-0.3, -0.25) is 9.89 Å². The lowest BCUT2D eigenvalue weighted by Gasteiger charge is -2.35. The van der Waals surface area contributed by atoms with Gasteiger partial charge in [-0.25, -0.2) is 0 Å². The van der Waals surface area contributed by atoms with Gasteiger partial charge in [0.2, 0.25) is 0 Å². The van der Waals surface area contributed by atoms with Crippen LogP contribution in [0.3, 0.4) is 0 Å². The van der Waals surface area contributed by atoms with E-state index in [-0.39, 0.29) is 24.0 Å².